The van der Waals surface area contributed by atoms with E-state index in [2.05, 4.69) is 0 Å². The van der Waals surface area contributed by atoms with Gasteiger partial charge in [-0.1, -0.05) is 0 Å². The maximum Gasteiger partial charge on any atom is 0.173 e. The zero-order chi connectivity index (χ0) is 17.5. The highest BCUT2D eigenvalue weighted by atomic mass is 16.6. The molecule has 0 saturated carbocycles. The minimum absolute atomic E-state index is 0.743. The molecule has 0 aliphatic carbocycles. The minimum atomic E-state index is -2.51. The maximum absolute atomic E-state index is 10.8. The predicted octanol–water partition coefficient (Wildman–Crippen LogP) is -6.04. The number of hydrogen-bond donors (Lipinski definition) is 9. The minimum Gasteiger partial charge on any atom is -0.394 e. The fourth-order valence-corrected chi connectivity index (χ4v) is 3.05. The summed E-state index contributed by atoms with van der Waals surface area (Å²) >= 11 is 0. The fraction of sp³-hybridized carbons (Fsp3) is 1.00. The van der Waals surface area contributed by atoms with Crippen LogP contribution in [0.4, 0.5) is 0 Å². The van der Waals surface area contributed by atoms with E-state index in [-0.39, 0.29) is 0 Å². The van der Waals surface area contributed by atoms with Crippen molar-refractivity contribution in [2.45, 2.75) is 60.7 Å². The highest BCUT2D eigenvalue weighted by Gasteiger charge is 2.63. The van der Waals surface area contributed by atoms with Crippen molar-refractivity contribution in [2.75, 3.05) is 13.2 Å². The van der Waals surface area contributed by atoms with Crippen molar-refractivity contribution in [2.24, 2.45) is 5.73 Å². The summed E-state index contributed by atoms with van der Waals surface area (Å²) in [6.07, 6.45) is -13.6. The molecule has 1 unspecified atom stereocenters. The highest BCUT2D eigenvalue weighted by molar-refractivity contribution is 5.12. The van der Waals surface area contributed by atoms with Crippen LogP contribution in [0.3, 0.4) is 0 Å². The molecule has 11 heteroatoms. The summed E-state index contributed by atoms with van der Waals surface area (Å²) < 4.78 is 10.1. The molecule has 11 nitrogen and oxygen atoms in total. The fourth-order valence-electron chi connectivity index (χ4n) is 3.05. The lowest BCUT2D eigenvalue weighted by molar-refractivity contribution is -0.349. The molecule has 136 valence electrons. The van der Waals surface area contributed by atoms with Crippen molar-refractivity contribution >= 4 is 0 Å². The molecule has 0 spiro atoms. The molecule has 10 atom stereocenters. The second kappa shape index (κ2) is 6.82. The van der Waals surface area contributed by atoms with Gasteiger partial charge in [-0.05, 0) is 0 Å². The number of aliphatic hydroxyl groups excluding tert-OH is 7. The number of aliphatic hydroxyl groups is 8. The zero-order valence-corrected chi connectivity index (χ0v) is 12.1. The van der Waals surface area contributed by atoms with Crippen LogP contribution in [-0.4, -0.2) is 115 Å². The topological polar surface area (TPSA) is 206 Å². The lowest BCUT2D eigenvalue weighted by atomic mass is 9.74. The molecule has 23 heavy (non-hydrogen) atoms. The molecular weight excluding hydrogens is 318 g/mol. The summed E-state index contributed by atoms with van der Waals surface area (Å²) in [6, 6.07) is -1.49. The zero-order valence-electron chi connectivity index (χ0n) is 12.1. The molecule has 0 aromatic rings. The summed E-state index contributed by atoms with van der Waals surface area (Å²) in [7, 11) is 0. The van der Waals surface area contributed by atoms with E-state index in [1.807, 2.05) is 0 Å². The lowest BCUT2D eigenvalue weighted by Crippen LogP contribution is -2.78. The first-order valence-corrected chi connectivity index (χ1v) is 7.11. The first-order valence-electron chi connectivity index (χ1n) is 7.11. The lowest BCUT2D eigenvalue weighted by Gasteiger charge is -2.54. The van der Waals surface area contributed by atoms with Gasteiger partial charge in [0.05, 0.1) is 19.3 Å². The molecule has 2 fully saturated rings. The Labute approximate surface area is 131 Å². The molecule has 2 heterocycles. The third kappa shape index (κ3) is 2.88. The Kier molecular flexibility index (Phi) is 5.60. The van der Waals surface area contributed by atoms with E-state index in [4.69, 9.17) is 15.2 Å². The molecule has 0 aromatic carbocycles. The van der Waals surface area contributed by atoms with Crippen molar-refractivity contribution in [3.8, 4) is 0 Å². The van der Waals surface area contributed by atoms with E-state index in [9.17, 15) is 40.9 Å². The molecule has 0 amide bonds. The second-order valence-corrected chi connectivity index (χ2v) is 5.86. The van der Waals surface area contributed by atoms with Gasteiger partial charge in [0, 0.05) is 0 Å². The Morgan fingerprint density at radius 3 is 2.00 bits per heavy atom. The summed E-state index contributed by atoms with van der Waals surface area (Å²) in [5.74, 6) is 0. The van der Waals surface area contributed by atoms with Crippen LogP contribution in [0, 0.1) is 0 Å². The van der Waals surface area contributed by atoms with Crippen LogP contribution < -0.4 is 5.73 Å². The third-order valence-electron chi connectivity index (χ3n) is 4.50. The number of ether oxygens (including phenoxy) is 2. The van der Waals surface area contributed by atoms with Gasteiger partial charge >= 0.3 is 0 Å². The van der Waals surface area contributed by atoms with Gasteiger partial charge in [-0.2, -0.15) is 0 Å². The quantitative estimate of drug-likeness (QED) is 0.236. The van der Waals surface area contributed by atoms with Crippen molar-refractivity contribution in [1.29, 1.82) is 0 Å². The molecule has 0 bridgehead atoms. The standard InChI is InChI=1S/C12H23NO10/c13-5-9(19)12(21,4(2-15)23-11(5)20)10-8(18)7(17)6(16)3(1-14)22-10/h3-11,14-21H,1-2,13H2/t3-,4-,5-,6-,7+,8-,9-,10+,11?,12-/m1/s1. The van der Waals surface area contributed by atoms with Gasteiger partial charge in [-0.25, -0.2) is 0 Å². The van der Waals surface area contributed by atoms with Crippen molar-refractivity contribution in [3.63, 3.8) is 0 Å². The summed E-state index contributed by atoms with van der Waals surface area (Å²) in [5, 5.41) is 78.8. The Balaban J connectivity index is 2.38. The van der Waals surface area contributed by atoms with Crippen LogP contribution >= 0.6 is 0 Å². The van der Waals surface area contributed by atoms with Gasteiger partial charge in [0.1, 0.15) is 48.3 Å². The predicted molar refractivity (Wildman–Crippen MR) is 70.7 cm³/mol. The molecular formula is C12H23NO10. The van der Waals surface area contributed by atoms with E-state index in [1.165, 1.54) is 0 Å². The van der Waals surface area contributed by atoms with Gasteiger partial charge in [0.2, 0.25) is 0 Å². The average molecular weight is 341 g/mol. The van der Waals surface area contributed by atoms with Crippen LogP contribution in [0.2, 0.25) is 0 Å². The number of nitrogens with two attached hydrogens (primary N) is 1. The van der Waals surface area contributed by atoms with Gasteiger partial charge in [0.15, 0.2) is 6.29 Å². The smallest absolute Gasteiger partial charge is 0.173 e. The number of rotatable bonds is 3. The molecule has 2 rings (SSSR count). The first-order chi connectivity index (χ1) is 10.7. The highest BCUT2D eigenvalue weighted by Crippen LogP contribution is 2.38. The first kappa shape index (κ1) is 18.9. The summed E-state index contributed by atoms with van der Waals surface area (Å²) in [6.45, 7) is -1.61. The second-order valence-electron chi connectivity index (χ2n) is 5.86. The Morgan fingerprint density at radius 2 is 1.48 bits per heavy atom. The van der Waals surface area contributed by atoms with E-state index in [1.54, 1.807) is 0 Å². The van der Waals surface area contributed by atoms with E-state index < -0.39 is 73.9 Å². The summed E-state index contributed by atoms with van der Waals surface area (Å²) in [4.78, 5) is 0. The SMILES string of the molecule is N[C@H]1C(O)O[C@H](CO)[C@](O)([C@H]2O[C@H](CO)[C@@H](O)[C@H](O)[C@H]2O)[C@@H]1O. The Bertz CT molecular complexity index is 407. The van der Waals surface area contributed by atoms with Crippen LogP contribution in [0.5, 0.6) is 0 Å². The monoisotopic (exact) mass is 341 g/mol. The van der Waals surface area contributed by atoms with Crippen LogP contribution in [0.15, 0.2) is 0 Å². The maximum atomic E-state index is 10.8. The summed E-state index contributed by atoms with van der Waals surface area (Å²) in [5.41, 5.74) is 3.02. The van der Waals surface area contributed by atoms with E-state index in [0.29, 0.717) is 0 Å². The average Bonchev–Trinajstić information content (AvgIpc) is 2.54. The van der Waals surface area contributed by atoms with Gasteiger partial charge in [-0.3, -0.25) is 0 Å². The molecule has 0 aromatic heterocycles. The van der Waals surface area contributed by atoms with E-state index in [0.717, 1.165) is 0 Å². The third-order valence-corrected chi connectivity index (χ3v) is 4.50. The van der Waals surface area contributed by atoms with Gasteiger partial charge in [0.25, 0.3) is 0 Å². The molecule has 10 N–H and O–H groups in total. The van der Waals surface area contributed by atoms with Gasteiger partial charge < -0.3 is 56.1 Å². The largest absolute Gasteiger partial charge is 0.394 e. The molecule has 2 aliphatic heterocycles. The number of hydrogen-bond acceptors (Lipinski definition) is 11. The van der Waals surface area contributed by atoms with Gasteiger partial charge in [-0.15, -0.1) is 0 Å². The van der Waals surface area contributed by atoms with Crippen LogP contribution in [-0.2, 0) is 9.47 Å². The van der Waals surface area contributed by atoms with Crippen molar-refractivity contribution in [1.82, 2.24) is 0 Å². The van der Waals surface area contributed by atoms with Crippen molar-refractivity contribution in [3.05, 3.63) is 0 Å². The Morgan fingerprint density at radius 1 is 0.870 bits per heavy atom. The van der Waals surface area contributed by atoms with Crippen molar-refractivity contribution < 1.29 is 50.3 Å². The van der Waals surface area contributed by atoms with E-state index >= 15 is 0 Å². The van der Waals surface area contributed by atoms with Crippen LogP contribution in [0.25, 0.3) is 0 Å². The normalized spacial score (nSPS) is 54.9. The van der Waals surface area contributed by atoms with Crippen LogP contribution in [0.1, 0.15) is 0 Å². The molecule has 0 radical (unpaired) electrons. The molecule has 2 aliphatic rings. The molecule has 2 saturated heterocycles. The Hall–Kier alpha value is -0.440.